The van der Waals surface area contributed by atoms with Crippen molar-refractivity contribution in [2.24, 2.45) is 5.92 Å². The molecule has 1 saturated heterocycles. The predicted octanol–water partition coefficient (Wildman–Crippen LogP) is 11.0. The molecule has 1 fully saturated rings. The molecule has 288 valence electrons. The quantitative estimate of drug-likeness (QED) is 0.0531. The Morgan fingerprint density at radius 3 is 1.53 bits per heavy atom. The third kappa shape index (κ3) is 21.5. The summed E-state index contributed by atoms with van der Waals surface area (Å²) in [5.41, 5.74) is -0.852. The van der Waals surface area contributed by atoms with Crippen LogP contribution in [0, 0.1) is 5.92 Å². The molecule has 1 rings (SSSR count). The monoisotopic (exact) mass is 690 g/mol. The molecule has 1 unspecified atom stereocenters. The first-order chi connectivity index (χ1) is 23.9. The topological polar surface area (TPSA) is 61.9 Å². The minimum absolute atomic E-state index is 0.00322. The molecule has 0 aromatic heterocycles. The smallest absolute Gasteiger partial charge is 0.250 e. The number of hydrogen-bond acceptors (Lipinski definition) is 4. The molecule has 1 aliphatic heterocycles. The Hall–Kier alpha value is -1.40. The fourth-order valence-corrected chi connectivity index (χ4v) is 7.12. The Labute approximate surface area is 305 Å². The first-order valence-corrected chi connectivity index (χ1v) is 21.4. The number of nitrogens with zero attached hydrogens (tertiary/aromatic N) is 2. The molecule has 0 spiro atoms. The van der Waals surface area contributed by atoms with Gasteiger partial charge in [0.15, 0.2) is 5.54 Å². The van der Waals surface area contributed by atoms with Crippen molar-refractivity contribution in [1.82, 2.24) is 15.1 Å². The predicted molar refractivity (Wildman–Crippen MR) is 211 cm³/mol. The molecule has 1 atom stereocenters. The third-order valence-corrected chi connectivity index (χ3v) is 10.5. The van der Waals surface area contributed by atoms with Gasteiger partial charge in [0.1, 0.15) is 0 Å². The van der Waals surface area contributed by atoms with Gasteiger partial charge in [0.25, 0.3) is 5.91 Å². The van der Waals surface area contributed by atoms with Crippen molar-refractivity contribution in [3.63, 3.8) is 0 Å². The molecule has 0 aromatic rings. The van der Waals surface area contributed by atoms with Gasteiger partial charge in [-0.25, -0.2) is 0 Å². The van der Waals surface area contributed by atoms with Crippen LogP contribution in [0.25, 0.3) is 0 Å². The van der Waals surface area contributed by atoms with E-state index >= 15 is 0 Å². The lowest BCUT2D eigenvalue weighted by atomic mass is 9.87. The standard InChI is InChI=1S/C43H83N3O3/c1-6-9-12-15-17-18-19-20-21-22-23-24-25-26-28-31-35-44-42(48)43(38-49-39-43)46(37-32-36-45(4)5)41(47)40(33-29-14-11-8-3)34-30-27-16-13-10-7-2/h20-21,40H,6-19,22-39H2,1-5H3,(H,44,48)/b21-20-. The van der Waals surface area contributed by atoms with Crippen LogP contribution in [0.15, 0.2) is 12.2 Å². The van der Waals surface area contributed by atoms with Crippen LogP contribution in [0.4, 0.5) is 0 Å². The average Bonchev–Trinajstić information content (AvgIpc) is 3.07. The van der Waals surface area contributed by atoms with Gasteiger partial charge in [0.2, 0.25) is 5.91 Å². The number of nitrogens with one attached hydrogen (secondary N) is 1. The maximum atomic E-state index is 14.4. The van der Waals surface area contributed by atoms with Gasteiger partial charge in [-0.15, -0.1) is 0 Å². The molecule has 6 nitrogen and oxygen atoms in total. The van der Waals surface area contributed by atoms with E-state index < -0.39 is 5.54 Å². The SMILES string of the molecule is CCCCCCCC/C=C\CCCCCCCCNC(=O)C1(N(CCCN(C)C)C(=O)C(CCCCCC)CCCCCCCC)COC1. The highest BCUT2D eigenvalue weighted by Gasteiger charge is 2.53. The highest BCUT2D eigenvalue weighted by molar-refractivity contribution is 5.93. The Bertz CT molecular complexity index is 810. The molecule has 0 aliphatic carbocycles. The summed E-state index contributed by atoms with van der Waals surface area (Å²) in [6.07, 6.45) is 37.5. The van der Waals surface area contributed by atoms with E-state index in [1.165, 1.54) is 128 Å². The molecule has 0 aromatic carbocycles. The van der Waals surface area contributed by atoms with E-state index in [2.05, 4.69) is 57.2 Å². The van der Waals surface area contributed by atoms with E-state index in [0.29, 0.717) is 26.3 Å². The van der Waals surface area contributed by atoms with Crippen LogP contribution in [-0.2, 0) is 14.3 Å². The molecule has 1 aliphatic rings. The number of ether oxygens (including phenoxy) is 1. The van der Waals surface area contributed by atoms with Crippen LogP contribution in [0.5, 0.6) is 0 Å². The van der Waals surface area contributed by atoms with Crippen LogP contribution in [0.1, 0.15) is 194 Å². The first kappa shape index (κ1) is 45.6. The summed E-state index contributed by atoms with van der Waals surface area (Å²) in [4.78, 5) is 32.4. The van der Waals surface area contributed by atoms with Crippen molar-refractivity contribution in [3.05, 3.63) is 12.2 Å². The van der Waals surface area contributed by atoms with Gasteiger partial charge in [-0.3, -0.25) is 9.59 Å². The van der Waals surface area contributed by atoms with Crippen molar-refractivity contribution >= 4 is 11.8 Å². The summed E-state index contributed by atoms with van der Waals surface area (Å²) in [5.74, 6) is 0.192. The summed E-state index contributed by atoms with van der Waals surface area (Å²) in [7, 11) is 4.15. The first-order valence-electron chi connectivity index (χ1n) is 21.4. The summed E-state index contributed by atoms with van der Waals surface area (Å²) in [6, 6.07) is 0. The number of carbonyl (C=O) groups is 2. The average molecular weight is 690 g/mol. The lowest BCUT2D eigenvalue weighted by Gasteiger charge is -2.49. The van der Waals surface area contributed by atoms with Crippen molar-refractivity contribution in [2.45, 2.75) is 200 Å². The van der Waals surface area contributed by atoms with Crippen LogP contribution in [0.3, 0.4) is 0 Å². The zero-order valence-corrected chi connectivity index (χ0v) is 33.5. The van der Waals surface area contributed by atoms with E-state index in [4.69, 9.17) is 4.74 Å². The second kappa shape index (κ2) is 31.3. The van der Waals surface area contributed by atoms with E-state index in [1.54, 1.807) is 0 Å². The van der Waals surface area contributed by atoms with E-state index in [9.17, 15) is 9.59 Å². The second-order valence-electron chi connectivity index (χ2n) is 15.5. The zero-order valence-electron chi connectivity index (χ0n) is 33.5. The van der Waals surface area contributed by atoms with Crippen molar-refractivity contribution in [1.29, 1.82) is 0 Å². The van der Waals surface area contributed by atoms with E-state index in [1.807, 2.05) is 4.90 Å². The summed E-state index contributed by atoms with van der Waals surface area (Å²) in [5, 5.41) is 3.25. The van der Waals surface area contributed by atoms with Gasteiger partial charge in [-0.1, -0.05) is 155 Å². The molecular formula is C43H83N3O3. The Kier molecular flexibility index (Phi) is 29.2. The molecule has 49 heavy (non-hydrogen) atoms. The molecular weight excluding hydrogens is 606 g/mol. The van der Waals surface area contributed by atoms with Gasteiger partial charge in [-0.05, 0) is 72.0 Å². The number of amides is 2. The number of allylic oxidation sites excluding steroid dienone is 2. The molecule has 1 N–H and O–H groups in total. The minimum Gasteiger partial charge on any atom is -0.375 e. The molecule has 0 radical (unpaired) electrons. The van der Waals surface area contributed by atoms with Crippen molar-refractivity contribution in [2.75, 3.05) is 46.9 Å². The van der Waals surface area contributed by atoms with E-state index in [0.717, 1.165) is 51.5 Å². The van der Waals surface area contributed by atoms with Crippen molar-refractivity contribution in [3.8, 4) is 0 Å². The molecule has 2 amide bonds. The molecule has 1 heterocycles. The molecule has 0 bridgehead atoms. The van der Waals surface area contributed by atoms with Crippen LogP contribution in [-0.4, -0.2) is 74.1 Å². The number of carbonyl (C=O) groups excluding carboxylic acids is 2. The number of rotatable bonds is 35. The largest absolute Gasteiger partial charge is 0.375 e. The maximum absolute atomic E-state index is 14.4. The minimum atomic E-state index is -0.852. The Morgan fingerprint density at radius 1 is 0.612 bits per heavy atom. The zero-order chi connectivity index (χ0) is 35.8. The number of unbranched alkanes of at least 4 members (excludes halogenated alkanes) is 20. The Morgan fingerprint density at radius 2 is 1.06 bits per heavy atom. The van der Waals surface area contributed by atoms with E-state index in [-0.39, 0.29) is 17.7 Å². The van der Waals surface area contributed by atoms with Gasteiger partial charge in [0.05, 0.1) is 13.2 Å². The van der Waals surface area contributed by atoms with Crippen molar-refractivity contribution < 1.29 is 14.3 Å². The van der Waals surface area contributed by atoms with Gasteiger partial charge >= 0.3 is 0 Å². The third-order valence-electron chi connectivity index (χ3n) is 10.5. The van der Waals surface area contributed by atoms with Crippen LogP contribution < -0.4 is 5.32 Å². The molecule has 6 heteroatoms. The highest BCUT2D eigenvalue weighted by Crippen LogP contribution is 2.31. The summed E-state index contributed by atoms with van der Waals surface area (Å²) < 4.78 is 5.71. The van der Waals surface area contributed by atoms with Gasteiger partial charge in [-0.2, -0.15) is 0 Å². The normalized spacial score (nSPS) is 14.7. The van der Waals surface area contributed by atoms with Crippen LogP contribution >= 0.6 is 0 Å². The summed E-state index contributed by atoms with van der Waals surface area (Å²) >= 11 is 0. The number of hydrogen-bond donors (Lipinski definition) is 1. The van der Waals surface area contributed by atoms with Gasteiger partial charge < -0.3 is 19.9 Å². The van der Waals surface area contributed by atoms with Gasteiger partial charge in [0, 0.05) is 19.0 Å². The fourth-order valence-electron chi connectivity index (χ4n) is 7.12. The highest BCUT2D eigenvalue weighted by atomic mass is 16.5. The molecule has 0 saturated carbocycles. The Balaban J connectivity index is 2.57. The second-order valence-corrected chi connectivity index (χ2v) is 15.5. The summed E-state index contributed by atoms with van der Waals surface area (Å²) in [6.45, 7) is 9.60. The maximum Gasteiger partial charge on any atom is 0.250 e. The lowest BCUT2D eigenvalue weighted by Crippen LogP contribution is -2.72. The lowest BCUT2D eigenvalue weighted by molar-refractivity contribution is -0.182. The van der Waals surface area contributed by atoms with Crippen LogP contribution in [0.2, 0.25) is 0 Å². The fraction of sp³-hybridized carbons (Fsp3) is 0.907.